The topological polar surface area (TPSA) is 81.2 Å². The first-order chi connectivity index (χ1) is 15.7. The lowest BCUT2D eigenvalue weighted by atomic mass is 9.77. The molecule has 0 saturated carbocycles. The average Bonchev–Trinajstić information content (AvgIpc) is 3.15. The predicted octanol–water partition coefficient (Wildman–Crippen LogP) is 4.28. The molecule has 0 bridgehead atoms. The molecule has 0 unspecified atom stereocenters. The Balaban J connectivity index is 0.00000324. The standard InChI is InChI=1S/C26H37N3O4.ClH/c1-26(2)15-23(30)29(24(31)16-26)13-5-4-12-28-14-11-21-20-8-6-7-18(17-27(3)25(32)33)19(20)9-10-22(21)28;/h6-8,21-22H,4-5,9-17H2,1-3H3,(H,32,33);1H/t21-,22+;/m1./s1. The number of hydrogen-bond acceptors (Lipinski definition) is 4. The van der Waals surface area contributed by atoms with Gasteiger partial charge in [-0.2, -0.15) is 0 Å². The maximum absolute atomic E-state index is 12.4. The van der Waals surface area contributed by atoms with Crippen LogP contribution >= 0.6 is 12.4 Å². The number of piperidine rings is 1. The summed E-state index contributed by atoms with van der Waals surface area (Å²) >= 11 is 0. The fourth-order valence-electron chi connectivity index (χ4n) is 6.06. The van der Waals surface area contributed by atoms with Crippen molar-refractivity contribution in [3.8, 4) is 0 Å². The Hall–Kier alpha value is -2.12. The number of likely N-dealkylation sites (tertiary alicyclic amines) is 2. The fraction of sp³-hybridized carbons (Fsp3) is 0.654. The molecule has 188 valence electrons. The zero-order valence-electron chi connectivity index (χ0n) is 20.6. The van der Waals surface area contributed by atoms with E-state index in [1.54, 1.807) is 7.05 Å². The van der Waals surface area contributed by atoms with Gasteiger partial charge >= 0.3 is 6.09 Å². The van der Waals surface area contributed by atoms with Crippen LogP contribution in [0, 0.1) is 5.41 Å². The van der Waals surface area contributed by atoms with Gasteiger partial charge in [0.2, 0.25) is 11.8 Å². The van der Waals surface area contributed by atoms with Gasteiger partial charge in [-0.15, -0.1) is 12.4 Å². The number of nitrogens with zero attached hydrogens (tertiary/aromatic N) is 3. The molecule has 2 saturated heterocycles. The molecule has 34 heavy (non-hydrogen) atoms. The maximum Gasteiger partial charge on any atom is 0.407 e. The molecule has 7 nitrogen and oxygen atoms in total. The Bertz CT molecular complexity index is 915. The van der Waals surface area contributed by atoms with Crippen molar-refractivity contribution < 1.29 is 19.5 Å². The number of carboxylic acid groups (broad SMARTS) is 1. The Morgan fingerprint density at radius 1 is 1.12 bits per heavy atom. The van der Waals surface area contributed by atoms with E-state index in [1.807, 2.05) is 13.8 Å². The van der Waals surface area contributed by atoms with Crippen molar-refractivity contribution in [3.63, 3.8) is 0 Å². The summed E-state index contributed by atoms with van der Waals surface area (Å²) in [6.45, 7) is 7.02. The second-order valence-electron chi connectivity index (χ2n) is 10.8. The van der Waals surface area contributed by atoms with Crippen molar-refractivity contribution in [1.82, 2.24) is 14.7 Å². The average molecular weight is 492 g/mol. The summed E-state index contributed by atoms with van der Waals surface area (Å²) in [5.41, 5.74) is 3.67. The van der Waals surface area contributed by atoms with Gasteiger partial charge in [0.25, 0.3) is 0 Å². The van der Waals surface area contributed by atoms with Gasteiger partial charge in [-0.25, -0.2) is 4.79 Å². The van der Waals surface area contributed by atoms with Crippen molar-refractivity contribution >= 4 is 30.3 Å². The Morgan fingerprint density at radius 3 is 2.47 bits per heavy atom. The van der Waals surface area contributed by atoms with Crippen LogP contribution < -0.4 is 0 Å². The van der Waals surface area contributed by atoms with Crippen molar-refractivity contribution in [2.75, 3.05) is 26.7 Å². The predicted molar refractivity (Wildman–Crippen MR) is 133 cm³/mol. The number of amides is 3. The number of imide groups is 1. The van der Waals surface area contributed by atoms with E-state index in [0.717, 1.165) is 50.8 Å². The molecule has 2 fully saturated rings. The molecule has 2 aliphatic heterocycles. The van der Waals surface area contributed by atoms with E-state index in [2.05, 4.69) is 23.1 Å². The third kappa shape index (κ3) is 5.57. The van der Waals surface area contributed by atoms with Gasteiger partial charge in [-0.1, -0.05) is 32.0 Å². The van der Waals surface area contributed by atoms with E-state index >= 15 is 0 Å². The molecular weight excluding hydrogens is 454 g/mol. The van der Waals surface area contributed by atoms with Crippen molar-refractivity contribution in [2.24, 2.45) is 5.41 Å². The Kier molecular flexibility index (Phi) is 8.30. The number of carbonyl (C=O) groups is 3. The van der Waals surface area contributed by atoms with E-state index in [4.69, 9.17) is 0 Å². The first kappa shape index (κ1) is 26.5. The molecule has 0 spiro atoms. The molecule has 1 aromatic carbocycles. The quantitative estimate of drug-likeness (QED) is 0.455. The molecule has 1 aliphatic carbocycles. The fourth-order valence-corrected chi connectivity index (χ4v) is 6.06. The zero-order valence-corrected chi connectivity index (χ0v) is 21.4. The molecule has 1 aromatic rings. The van der Waals surface area contributed by atoms with E-state index in [9.17, 15) is 19.5 Å². The SMILES string of the molecule is CN(Cc1cccc2c1CC[C@H]1[C@@H]2CCN1CCCCN1C(=O)CC(C)(C)CC1=O)C(=O)O.Cl. The van der Waals surface area contributed by atoms with E-state index < -0.39 is 6.09 Å². The van der Waals surface area contributed by atoms with Crippen LogP contribution in [0.2, 0.25) is 0 Å². The Morgan fingerprint density at radius 2 is 1.79 bits per heavy atom. The van der Waals surface area contributed by atoms with Crippen molar-refractivity contribution in [2.45, 2.75) is 77.3 Å². The number of fused-ring (bicyclic) bond motifs is 3. The molecule has 0 radical (unpaired) electrons. The lowest BCUT2D eigenvalue weighted by molar-refractivity contribution is -0.152. The van der Waals surface area contributed by atoms with Gasteiger partial charge < -0.3 is 10.0 Å². The molecule has 4 rings (SSSR count). The third-order valence-corrected chi connectivity index (χ3v) is 7.73. The lowest BCUT2D eigenvalue weighted by Gasteiger charge is -2.35. The van der Waals surface area contributed by atoms with Crippen LogP contribution in [0.5, 0.6) is 0 Å². The number of unbranched alkanes of at least 4 members (excludes halogenated alkanes) is 1. The van der Waals surface area contributed by atoms with E-state index in [0.29, 0.717) is 37.9 Å². The number of carbonyl (C=O) groups excluding carboxylic acids is 2. The number of hydrogen-bond donors (Lipinski definition) is 1. The van der Waals surface area contributed by atoms with Gasteiger partial charge in [0.1, 0.15) is 0 Å². The van der Waals surface area contributed by atoms with Gasteiger partial charge in [-0.05, 0) is 67.3 Å². The monoisotopic (exact) mass is 491 g/mol. The summed E-state index contributed by atoms with van der Waals surface area (Å²) in [6.07, 6.45) is 5.08. The summed E-state index contributed by atoms with van der Waals surface area (Å²) in [5, 5.41) is 9.25. The highest BCUT2D eigenvalue weighted by Crippen LogP contribution is 2.42. The number of rotatable bonds is 7. The minimum Gasteiger partial charge on any atom is -0.465 e. The van der Waals surface area contributed by atoms with Crippen LogP contribution in [0.15, 0.2) is 18.2 Å². The molecular formula is C26H38ClN3O4. The highest BCUT2D eigenvalue weighted by Gasteiger charge is 2.39. The van der Waals surface area contributed by atoms with E-state index in [-0.39, 0.29) is 29.6 Å². The highest BCUT2D eigenvalue weighted by atomic mass is 35.5. The summed E-state index contributed by atoms with van der Waals surface area (Å²) in [5.74, 6) is 0.466. The first-order valence-corrected chi connectivity index (χ1v) is 12.3. The zero-order chi connectivity index (χ0) is 23.8. The molecule has 8 heteroatoms. The molecule has 3 amide bonds. The molecule has 1 N–H and O–H groups in total. The van der Waals surface area contributed by atoms with Crippen molar-refractivity contribution in [1.29, 1.82) is 0 Å². The van der Waals surface area contributed by atoms with Gasteiger partial charge in [0, 0.05) is 44.9 Å². The van der Waals surface area contributed by atoms with Crippen LogP contribution in [-0.4, -0.2) is 70.4 Å². The second kappa shape index (κ2) is 10.6. The summed E-state index contributed by atoms with van der Waals surface area (Å²) in [7, 11) is 1.62. The minimum absolute atomic E-state index is 0. The third-order valence-electron chi connectivity index (χ3n) is 7.73. The van der Waals surface area contributed by atoms with Gasteiger partial charge in [-0.3, -0.25) is 19.4 Å². The summed E-state index contributed by atoms with van der Waals surface area (Å²) in [4.78, 5) is 41.4. The lowest BCUT2D eigenvalue weighted by Crippen LogP contribution is -2.46. The largest absolute Gasteiger partial charge is 0.465 e. The van der Waals surface area contributed by atoms with Crippen LogP contribution in [0.4, 0.5) is 4.79 Å². The second-order valence-corrected chi connectivity index (χ2v) is 10.8. The van der Waals surface area contributed by atoms with Crippen LogP contribution in [0.1, 0.15) is 75.0 Å². The maximum atomic E-state index is 12.4. The molecule has 2 atom stereocenters. The van der Waals surface area contributed by atoms with Crippen LogP contribution in [0.25, 0.3) is 0 Å². The Labute approximate surface area is 208 Å². The number of halogens is 1. The molecule has 2 heterocycles. The van der Waals surface area contributed by atoms with E-state index in [1.165, 1.54) is 20.9 Å². The van der Waals surface area contributed by atoms with Gasteiger partial charge in [0.05, 0.1) is 0 Å². The highest BCUT2D eigenvalue weighted by molar-refractivity contribution is 5.98. The minimum atomic E-state index is -0.898. The molecule has 3 aliphatic rings. The van der Waals surface area contributed by atoms with Crippen molar-refractivity contribution in [3.05, 3.63) is 34.9 Å². The normalized spacial score (nSPS) is 23.8. The van der Waals surface area contributed by atoms with Crippen LogP contribution in [-0.2, 0) is 22.6 Å². The summed E-state index contributed by atoms with van der Waals surface area (Å²) < 4.78 is 0. The molecule has 0 aromatic heterocycles. The summed E-state index contributed by atoms with van der Waals surface area (Å²) in [6, 6.07) is 6.90. The first-order valence-electron chi connectivity index (χ1n) is 12.3. The van der Waals surface area contributed by atoms with Crippen LogP contribution in [0.3, 0.4) is 0 Å². The smallest absolute Gasteiger partial charge is 0.407 e. The number of benzene rings is 1. The van der Waals surface area contributed by atoms with Gasteiger partial charge in [0.15, 0.2) is 0 Å².